The van der Waals surface area contributed by atoms with Crippen molar-refractivity contribution in [3.63, 3.8) is 0 Å². The number of sulfonamides is 1. The van der Waals surface area contributed by atoms with Crippen LogP contribution in [0.3, 0.4) is 0 Å². The molecule has 0 saturated carbocycles. The smallest absolute Gasteiger partial charge is 0.220 e. The zero-order valence-corrected chi connectivity index (χ0v) is 20.5. The van der Waals surface area contributed by atoms with Crippen LogP contribution in [0.5, 0.6) is 0 Å². The molecule has 0 fully saturated rings. The van der Waals surface area contributed by atoms with Crippen molar-refractivity contribution in [1.29, 1.82) is 5.26 Å². The van der Waals surface area contributed by atoms with E-state index < -0.39 is 15.8 Å². The van der Waals surface area contributed by atoms with Crippen LogP contribution in [0.15, 0.2) is 93.2 Å². The van der Waals surface area contributed by atoms with E-state index in [1.807, 2.05) is 0 Å². The Morgan fingerprint density at radius 2 is 1.80 bits per heavy atom. The van der Waals surface area contributed by atoms with Gasteiger partial charge in [0.05, 0.1) is 34.1 Å². The molecule has 35 heavy (non-hydrogen) atoms. The van der Waals surface area contributed by atoms with Crippen LogP contribution in [-0.2, 0) is 10.0 Å². The minimum atomic E-state index is -3.63. The third-order valence-electron chi connectivity index (χ3n) is 5.02. The van der Waals surface area contributed by atoms with Gasteiger partial charge < -0.3 is 0 Å². The largest absolute Gasteiger partial charge is 0.242 e. The highest BCUT2D eigenvalue weighted by molar-refractivity contribution is 7.89. The molecule has 1 aromatic heterocycles. The zero-order chi connectivity index (χ0) is 25.0. The molecule has 7 nitrogen and oxygen atoms in total. The Labute approximate surface area is 206 Å². The van der Waals surface area contributed by atoms with Crippen LogP contribution < -0.4 is 4.80 Å². The molecule has 0 aliphatic carbocycles. The van der Waals surface area contributed by atoms with Gasteiger partial charge in [-0.05, 0) is 48.0 Å². The molecule has 0 unspecified atom stereocenters. The van der Waals surface area contributed by atoms with Crippen molar-refractivity contribution in [1.82, 2.24) is 8.98 Å². The lowest BCUT2D eigenvalue weighted by atomic mass is 10.1. The van der Waals surface area contributed by atoms with Crippen molar-refractivity contribution in [2.45, 2.75) is 4.90 Å². The van der Waals surface area contributed by atoms with Crippen LogP contribution >= 0.6 is 11.3 Å². The second-order valence-corrected chi connectivity index (χ2v) is 10.6. The first-order valence-electron chi connectivity index (χ1n) is 10.4. The van der Waals surface area contributed by atoms with Crippen LogP contribution in [0.2, 0.25) is 0 Å². The molecule has 3 aromatic carbocycles. The Bertz CT molecular complexity index is 1610. The summed E-state index contributed by atoms with van der Waals surface area (Å²) in [5.74, 6) is -0.404. The summed E-state index contributed by atoms with van der Waals surface area (Å²) in [6.45, 7) is 0. The molecule has 0 aliphatic heterocycles. The summed E-state index contributed by atoms with van der Waals surface area (Å²) < 4.78 is 42.3. The molecule has 0 amide bonds. The Morgan fingerprint density at radius 1 is 1.06 bits per heavy atom. The van der Waals surface area contributed by atoms with E-state index in [9.17, 15) is 12.8 Å². The van der Waals surface area contributed by atoms with E-state index in [2.05, 4.69) is 16.2 Å². The maximum Gasteiger partial charge on any atom is 0.242 e. The highest BCUT2D eigenvalue weighted by Gasteiger charge is 2.17. The summed E-state index contributed by atoms with van der Waals surface area (Å²) in [7, 11) is -0.703. The Kier molecular flexibility index (Phi) is 7.02. The SMILES string of the molecule is CN(C)S(=O)(=O)c1cccc(N=c2scc(-c3ccccc3F)n2/N=C/c2ccc(C#N)cc2)c1. The lowest BCUT2D eigenvalue weighted by Crippen LogP contribution is -2.22. The van der Waals surface area contributed by atoms with Gasteiger partial charge in [-0.15, -0.1) is 11.3 Å². The Morgan fingerprint density at radius 3 is 2.49 bits per heavy atom. The van der Waals surface area contributed by atoms with Crippen molar-refractivity contribution in [2.75, 3.05) is 14.1 Å². The van der Waals surface area contributed by atoms with Gasteiger partial charge in [0.2, 0.25) is 14.8 Å². The van der Waals surface area contributed by atoms with E-state index in [1.165, 1.54) is 48.3 Å². The molecule has 10 heteroatoms. The van der Waals surface area contributed by atoms with Gasteiger partial charge in [0.1, 0.15) is 5.82 Å². The maximum absolute atomic E-state index is 14.6. The van der Waals surface area contributed by atoms with Crippen molar-refractivity contribution in [3.05, 3.63) is 99.9 Å². The molecule has 0 saturated heterocycles. The van der Waals surface area contributed by atoms with Crippen molar-refractivity contribution in [3.8, 4) is 17.3 Å². The van der Waals surface area contributed by atoms with Gasteiger partial charge in [-0.3, -0.25) is 0 Å². The number of benzene rings is 3. The lowest BCUT2D eigenvalue weighted by molar-refractivity contribution is 0.521. The van der Waals surface area contributed by atoms with Crippen LogP contribution in [-0.4, -0.2) is 37.7 Å². The first kappa shape index (κ1) is 24.2. The van der Waals surface area contributed by atoms with Gasteiger partial charge in [-0.25, -0.2) is 26.8 Å². The molecule has 0 atom stereocenters. The fraction of sp³-hybridized carbons (Fsp3) is 0.0800. The first-order chi connectivity index (χ1) is 16.8. The fourth-order valence-electron chi connectivity index (χ4n) is 3.15. The second-order valence-electron chi connectivity index (χ2n) is 7.57. The molecule has 0 N–H and O–H groups in total. The lowest BCUT2D eigenvalue weighted by Gasteiger charge is -2.11. The van der Waals surface area contributed by atoms with Crippen molar-refractivity contribution >= 4 is 33.3 Å². The molecular formula is C25H20FN5O2S2. The molecular weight excluding hydrogens is 485 g/mol. The van der Waals surface area contributed by atoms with Crippen LogP contribution in [0.1, 0.15) is 11.1 Å². The van der Waals surface area contributed by atoms with E-state index in [1.54, 1.807) is 66.2 Å². The minimum absolute atomic E-state index is 0.113. The van der Waals surface area contributed by atoms with Gasteiger partial charge in [0.15, 0.2) is 0 Å². The van der Waals surface area contributed by atoms with Gasteiger partial charge >= 0.3 is 0 Å². The summed E-state index contributed by atoms with van der Waals surface area (Å²) in [6.07, 6.45) is 1.59. The van der Waals surface area contributed by atoms with E-state index in [0.29, 0.717) is 27.3 Å². The van der Waals surface area contributed by atoms with E-state index >= 15 is 0 Å². The molecule has 4 aromatic rings. The molecule has 0 aliphatic rings. The maximum atomic E-state index is 14.6. The number of rotatable bonds is 6. The van der Waals surface area contributed by atoms with Crippen molar-refractivity contribution in [2.24, 2.45) is 10.1 Å². The van der Waals surface area contributed by atoms with E-state index in [4.69, 9.17) is 5.26 Å². The van der Waals surface area contributed by atoms with Gasteiger partial charge in [-0.1, -0.05) is 30.3 Å². The van der Waals surface area contributed by atoms with Gasteiger partial charge in [-0.2, -0.15) is 10.4 Å². The van der Waals surface area contributed by atoms with Crippen LogP contribution in [0.25, 0.3) is 11.3 Å². The number of halogens is 1. The molecule has 0 spiro atoms. The standard InChI is InChI=1S/C25H20FN5O2S2/c1-30(2)35(32,33)21-7-5-6-20(14-21)29-25-31(28-16-19-12-10-18(15-27)11-13-19)24(17-34-25)22-8-3-4-9-23(22)26/h3-14,16-17H,1-2H3/b28-16+,29-25?. The molecule has 4 rings (SSSR count). The number of hydrogen-bond acceptors (Lipinski definition) is 6. The molecule has 0 radical (unpaired) electrons. The summed E-state index contributed by atoms with van der Waals surface area (Å²) in [6, 6.07) is 21.6. The minimum Gasteiger partial charge on any atom is -0.220 e. The number of nitriles is 1. The second kappa shape index (κ2) is 10.1. The highest BCUT2D eigenvalue weighted by Crippen LogP contribution is 2.24. The number of hydrogen-bond donors (Lipinski definition) is 0. The normalized spacial score (nSPS) is 12.4. The summed E-state index contributed by atoms with van der Waals surface area (Å²) in [5, 5.41) is 15.3. The molecule has 176 valence electrons. The summed E-state index contributed by atoms with van der Waals surface area (Å²) >= 11 is 1.25. The predicted octanol–water partition coefficient (Wildman–Crippen LogP) is 4.59. The van der Waals surface area contributed by atoms with Gasteiger partial charge in [0, 0.05) is 25.0 Å². The summed E-state index contributed by atoms with van der Waals surface area (Å²) in [4.78, 5) is 5.15. The quantitative estimate of drug-likeness (QED) is 0.359. The topological polar surface area (TPSA) is 90.8 Å². The van der Waals surface area contributed by atoms with E-state index in [0.717, 1.165) is 9.87 Å². The average Bonchev–Trinajstić information content (AvgIpc) is 3.25. The zero-order valence-electron chi connectivity index (χ0n) is 18.8. The van der Waals surface area contributed by atoms with Crippen LogP contribution in [0.4, 0.5) is 10.1 Å². The van der Waals surface area contributed by atoms with E-state index in [-0.39, 0.29) is 4.90 Å². The van der Waals surface area contributed by atoms with Crippen molar-refractivity contribution < 1.29 is 12.8 Å². The fourth-order valence-corrected chi connectivity index (χ4v) is 4.94. The Balaban J connectivity index is 1.85. The molecule has 1 heterocycles. The summed E-state index contributed by atoms with van der Waals surface area (Å²) in [5.41, 5.74) is 2.53. The third kappa shape index (κ3) is 5.27. The number of aromatic nitrogens is 1. The Hall–Kier alpha value is -3.91. The third-order valence-corrected chi connectivity index (χ3v) is 7.65. The van der Waals surface area contributed by atoms with Gasteiger partial charge in [0.25, 0.3) is 0 Å². The highest BCUT2D eigenvalue weighted by atomic mass is 32.2. The molecule has 0 bridgehead atoms. The monoisotopic (exact) mass is 505 g/mol. The first-order valence-corrected chi connectivity index (χ1v) is 12.7. The average molecular weight is 506 g/mol. The van der Waals surface area contributed by atoms with Crippen LogP contribution in [0, 0.1) is 17.1 Å². The number of thiazole rings is 1. The number of nitrogens with zero attached hydrogens (tertiary/aromatic N) is 5. The predicted molar refractivity (Wildman–Crippen MR) is 134 cm³/mol.